The molecular formula is C7H9N5. The van der Waals surface area contributed by atoms with Gasteiger partial charge in [0.1, 0.15) is 11.5 Å². The van der Waals surface area contributed by atoms with Crippen molar-refractivity contribution < 1.29 is 0 Å². The van der Waals surface area contributed by atoms with E-state index in [0.29, 0.717) is 12.4 Å². The molecule has 0 radical (unpaired) electrons. The fourth-order valence-electron chi connectivity index (χ4n) is 1.22. The Morgan fingerprint density at radius 2 is 2.42 bits per heavy atom. The lowest BCUT2D eigenvalue weighted by molar-refractivity contribution is 1.25. The number of nitrogen functional groups attached to an aromatic ring is 1. The predicted molar refractivity (Wildman–Crippen MR) is 47.4 cm³/mol. The molecule has 5 heteroatoms. The van der Waals surface area contributed by atoms with Crippen LogP contribution in [0.25, 0.3) is 0 Å². The van der Waals surface area contributed by atoms with Gasteiger partial charge in [-0.3, -0.25) is 10.4 Å². The topological polar surface area (TPSA) is 86.8 Å². The van der Waals surface area contributed by atoms with E-state index in [-0.39, 0.29) is 5.84 Å². The summed E-state index contributed by atoms with van der Waals surface area (Å²) in [6.07, 6.45) is 1.63. The fourth-order valence-corrected chi connectivity index (χ4v) is 1.22. The summed E-state index contributed by atoms with van der Waals surface area (Å²) in [5, 5.41) is 13.4. The van der Waals surface area contributed by atoms with Crippen LogP contribution in [0.15, 0.2) is 12.3 Å². The molecule has 2 rings (SSSR count). The molecule has 0 aromatic carbocycles. The number of hydrogen-bond donors (Lipinski definition) is 4. The molecule has 0 aliphatic carbocycles. The van der Waals surface area contributed by atoms with Gasteiger partial charge in [-0.25, -0.2) is 0 Å². The number of pyridine rings is 1. The first-order valence-corrected chi connectivity index (χ1v) is 3.60. The summed E-state index contributed by atoms with van der Waals surface area (Å²) in [5.74, 6) is -0.0111. The SMILES string of the molecule is N=C(N)c1nccc2c1NCN2. The average Bonchev–Trinajstić information content (AvgIpc) is 2.49. The molecule has 1 aromatic heterocycles. The summed E-state index contributed by atoms with van der Waals surface area (Å²) >= 11 is 0. The minimum Gasteiger partial charge on any atom is -0.382 e. The van der Waals surface area contributed by atoms with E-state index in [0.717, 1.165) is 11.4 Å². The van der Waals surface area contributed by atoms with E-state index in [1.54, 1.807) is 6.20 Å². The van der Waals surface area contributed by atoms with Crippen molar-refractivity contribution in [2.24, 2.45) is 5.73 Å². The van der Waals surface area contributed by atoms with Crippen molar-refractivity contribution in [2.75, 3.05) is 17.3 Å². The Balaban J connectivity index is 2.56. The van der Waals surface area contributed by atoms with Crippen molar-refractivity contribution in [2.45, 2.75) is 0 Å². The minimum absolute atomic E-state index is 0.0111. The molecule has 5 nitrogen and oxygen atoms in total. The third-order valence-electron chi connectivity index (χ3n) is 1.75. The van der Waals surface area contributed by atoms with E-state index < -0.39 is 0 Å². The number of fused-ring (bicyclic) bond motifs is 1. The lowest BCUT2D eigenvalue weighted by Gasteiger charge is -2.03. The van der Waals surface area contributed by atoms with Crippen LogP contribution in [0, 0.1) is 5.41 Å². The summed E-state index contributed by atoms with van der Waals surface area (Å²) in [5.41, 5.74) is 7.63. The van der Waals surface area contributed by atoms with Gasteiger partial charge in [0.05, 0.1) is 18.0 Å². The van der Waals surface area contributed by atoms with Crippen LogP contribution in [-0.4, -0.2) is 17.5 Å². The van der Waals surface area contributed by atoms with Gasteiger partial charge in [-0.15, -0.1) is 0 Å². The number of nitrogens with two attached hydrogens (primary N) is 1. The van der Waals surface area contributed by atoms with Crippen LogP contribution >= 0.6 is 0 Å². The second kappa shape index (κ2) is 2.37. The Labute approximate surface area is 69.5 Å². The van der Waals surface area contributed by atoms with Gasteiger partial charge in [0, 0.05) is 6.20 Å². The highest BCUT2D eigenvalue weighted by Crippen LogP contribution is 2.27. The molecule has 0 fully saturated rings. The molecule has 12 heavy (non-hydrogen) atoms. The molecule has 0 amide bonds. The van der Waals surface area contributed by atoms with Crippen LogP contribution in [0.4, 0.5) is 11.4 Å². The zero-order valence-electron chi connectivity index (χ0n) is 6.39. The Bertz CT molecular complexity index is 333. The molecule has 1 aliphatic heterocycles. The summed E-state index contributed by atoms with van der Waals surface area (Å²) in [6, 6.07) is 1.85. The molecule has 0 saturated carbocycles. The maximum atomic E-state index is 7.25. The summed E-state index contributed by atoms with van der Waals surface area (Å²) in [6.45, 7) is 0.668. The Kier molecular flexibility index (Phi) is 1.36. The van der Waals surface area contributed by atoms with Crippen molar-refractivity contribution in [1.29, 1.82) is 5.41 Å². The van der Waals surface area contributed by atoms with Crippen LogP contribution in [0.1, 0.15) is 5.69 Å². The lowest BCUT2D eigenvalue weighted by Crippen LogP contribution is -2.14. The molecule has 0 spiro atoms. The van der Waals surface area contributed by atoms with E-state index in [4.69, 9.17) is 11.1 Å². The first kappa shape index (κ1) is 6.90. The molecular weight excluding hydrogens is 154 g/mol. The first-order chi connectivity index (χ1) is 5.79. The smallest absolute Gasteiger partial charge is 0.144 e. The Hall–Kier alpha value is -1.78. The summed E-state index contributed by atoms with van der Waals surface area (Å²) in [7, 11) is 0. The van der Waals surface area contributed by atoms with Gasteiger partial charge in [0.2, 0.25) is 0 Å². The van der Waals surface area contributed by atoms with Gasteiger partial charge in [-0.2, -0.15) is 0 Å². The summed E-state index contributed by atoms with van der Waals surface area (Å²) < 4.78 is 0. The number of hydrogen-bond acceptors (Lipinski definition) is 4. The van der Waals surface area contributed by atoms with E-state index in [1.807, 2.05) is 6.07 Å². The zero-order valence-corrected chi connectivity index (χ0v) is 6.39. The van der Waals surface area contributed by atoms with Gasteiger partial charge in [0.25, 0.3) is 0 Å². The van der Waals surface area contributed by atoms with Crippen LogP contribution in [0.3, 0.4) is 0 Å². The second-order valence-electron chi connectivity index (χ2n) is 2.53. The molecule has 0 unspecified atom stereocenters. The maximum absolute atomic E-state index is 7.25. The molecule has 0 atom stereocenters. The number of nitrogens with one attached hydrogen (secondary N) is 3. The third-order valence-corrected chi connectivity index (χ3v) is 1.75. The summed E-state index contributed by atoms with van der Waals surface area (Å²) in [4.78, 5) is 4.00. The third kappa shape index (κ3) is 0.868. The van der Waals surface area contributed by atoms with E-state index in [1.165, 1.54) is 0 Å². The number of nitrogens with zero attached hydrogens (tertiary/aromatic N) is 1. The largest absolute Gasteiger partial charge is 0.382 e. The monoisotopic (exact) mass is 163 g/mol. The zero-order chi connectivity index (χ0) is 8.55. The van der Waals surface area contributed by atoms with Crippen LogP contribution in [-0.2, 0) is 0 Å². The van der Waals surface area contributed by atoms with Crippen molar-refractivity contribution in [3.05, 3.63) is 18.0 Å². The van der Waals surface area contributed by atoms with E-state index in [9.17, 15) is 0 Å². The highest BCUT2D eigenvalue weighted by Gasteiger charge is 2.15. The number of anilines is 2. The van der Waals surface area contributed by atoms with Gasteiger partial charge in [-0.1, -0.05) is 0 Å². The quantitative estimate of drug-likeness (QED) is 0.351. The van der Waals surface area contributed by atoms with Gasteiger partial charge in [-0.05, 0) is 6.07 Å². The molecule has 62 valence electrons. The average molecular weight is 163 g/mol. The highest BCUT2D eigenvalue weighted by molar-refractivity contribution is 6.01. The van der Waals surface area contributed by atoms with E-state index in [2.05, 4.69) is 15.6 Å². The van der Waals surface area contributed by atoms with Crippen LogP contribution in [0.5, 0.6) is 0 Å². The Morgan fingerprint density at radius 3 is 3.17 bits per heavy atom. The minimum atomic E-state index is -0.0111. The molecule has 5 N–H and O–H groups in total. The Morgan fingerprint density at radius 1 is 1.58 bits per heavy atom. The number of rotatable bonds is 1. The fraction of sp³-hybridized carbons (Fsp3) is 0.143. The van der Waals surface area contributed by atoms with Crippen LogP contribution < -0.4 is 16.4 Å². The lowest BCUT2D eigenvalue weighted by atomic mass is 10.2. The van der Waals surface area contributed by atoms with Crippen molar-refractivity contribution in [3.8, 4) is 0 Å². The van der Waals surface area contributed by atoms with E-state index >= 15 is 0 Å². The van der Waals surface area contributed by atoms with Gasteiger partial charge in [0.15, 0.2) is 0 Å². The van der Waals surface area contributed by atoms with Crippen molar-refractivity contribution in [3.63, 3.8) is 0 Å². The molecule has 1 aliphatic rings. The predicted octanol–water partition coefficient (Wildman–Crippen LogP) is 0.161. The van der Waals surface area contributed by atoms with Crippen LogP contribution in [0.2, 0.25) is 0 Å². The highest BCUT2D eigenvalue weighted by atomic mass is 15.2. The molecule has 0 saturated heterocycles. The first-order valence-electron chi connectivity index (χ1n) is 3.60. The number of amidine groups is 1. The molecule has 1 aromatic rings. The molecule has 2 heterocycles. The van der Waals surface area contributed by atoms with Gasteiger partial charge < -0.3 is 16.4 Å². The number of aromatic nitrogens is 1. The maximum Gasteiger partial charge on any atom is 0.144 e. The van der Waals surface area contributed by atoms with Crippen molar-refractivity contribution >= 4 is 17.2 Å². The van der Waals surface area contributed by atoms with Crippen molar-refractivity contribution in [1.82, 2.24) is 4.98 Å². The van der Waals surface area contributed by atoms with Gasteiger partial charge >= 0.3 is 0 Å². The standard InChI is InChI=1S/C7H9N5/c8-7(9)6-5-4(1-2-10-6)11-3-12-5/h1-2,11-12H,3H2,(H3,8,9). The second-order valence-corrected chi connectivity index (χ2v) is 2.53. The molecule has 0 bridgehead atoms. The normalized spacial score (nSPS) is 13.0.